The Hall–Kier alpha value is -0.0500. The number of nitrogens with one attached hydrogen (secondary N) is 1. The minimum absolute atomic E-state index is 0.743. The van der Waals surface area contributed by atoms with Gasteiger partial charge in [-0.2, -0.15) is 0 Å². The van der Waals surface area contributed by atoms with Gasteiger partial charge in [-0.25, -0.2) is 0 Å². The quantitative estimate of drug-likeness (QED) is 0.773. The van der Waals surface area contributed by atoms with Gasteiger partial charge in [0.1, 0.15) is 0 Å². The highest BCUT2D eigenvalue weighted by molar-refractivity contribution is 6.25. The summed E-state index contributed by atoms with van der Waals surface area (Å²) < 4.78 is 0. The molecule has 3 heteroatoms. The highest BCUT2D eigenvalue weighted by Gasteiger charge is 2.22. The van der Waals surface area contributed by atoms with Crippen LogP contribution in [-0.4, -0.2) is 37.1 Å². The second kappa shape index (κ2) is 8.10. The van der Waals surface area contributed by atoms with E-state index in [2.05, 4.69) is 24.2 Å². The van der Waals surface area contributed by atoms with Gasteiger partial charge in [0.25, 0.3) is 0 Å². The topological polar surface area (TPSA) is 15.3 Å². The summed E-state index contributed by atoms with van der Waals surface area (Å²) in [5.74, 6) is 0. The molecule has 16 heavy (non-hydrogen) atoms. The molecule has 0 aromatic heterocycles. The lowest BCUT2D eigenvalue weighted by Gasteiger charge is -2.34. The Balaban J connectivity index is 2.20. The van der Waals surface area contributed by atoms with Crippen molar-refractivity contribution in [1.29, 1.82) is 0 Å². The summed E-state index contributed by atoms with van der Waals surface area (Å²) in [5, 5.41) is 3.62. The SMILES string of the molecule is CCCNC1CCC(N(C)C/C=C/Cl)CC1. The lowest BCUT2D eigenvalue weighted by molar-refractivity contribution is 0.189. The fourth-order valence-corrected chi connectivity index (χ4v) is 2.50. The van der Waals surface area contributed by atoms with Crippen LogP contribution in [0.15, 0.2) is 11.6 Å². The third kappa shape index (κ3) is 4.86. The molecule has 94 valence electrons. The van der Waals surface area contributed by atoms with Crippen LogP contribution in [0.25, 0.3) is 0 Å². The number of likely N-dealkylation sites (N-methyl/N-ethyl adjacent to an activating group) is 1. The van der Waals surface area contributed by atoms with Gasteiger partial charge in [0.15, 0.2) is 0 Å². The number of rotatable bonds is 6. The molecule has 0 unspecified atom stereocenters. The van der Waals surface area contributed by atoms with Gasteiger partial charge < -0.3 is 5.32 Å². The van der Waals surface area contributed by atoms with Crippen LogP contribution in [0.5, 0.6) is 0 Å². The van der Waals surface area contributed by atoms with E-state index in [4.69, 9.17) is 11.6 Å². The minimum Gasteiger partial charge on any atom is -0.314 e. The van der Waals surface area contributed by atoms with Crippen LogP contribution in [0.4, 0.5) is 0 Å². The molecular formula is C13H25ClN2. The van der Waals surface area contributed by atoms with E-state index in [0.29, 0.717) is 0 Å². The standard InChI is InChI=1S/C13H25ClN2/c1-3-10-15-12-5-7-13(8-6-12)16(2)11-4-9-14/h4,9,12-13,15H,3,5-8,10-11H2,1-2H3/b9-4+. The van der Waals surface area contributed by atoms with Crippen LogP contribution in [0.3, 0.4) is 0 Å². The fraction of sp³-hybridized carbons (Fsp3) is 0.846. The van der Waals surface area contributed by atoms with Crippen LogP contribution in [0.1, 0.15) is 39.0 Å². The number of hydrogen-bond donors (Lipinski definition) is 1. The van der Waals surface area contributed by atoms with Crippen LogP contribution in [0.2, 0.25) is 0 Å². The van der Waals surface area contributed by atoms with Gasteiger partial charge in [-0.1, -0.05) is 24.6 Å². The fourth-order valence-electron chi connectivity index (χ4n) is 2.42. The maximum absolute atomic E-state index is 5.55. The molecule has 1 rings (SSSR count). The second-order valence-corrected chi connectivity index (χ2v) is 5.01. The third-order valence-electron chi connectivity index (χ3n) is 3.49. The van der Waals surface area contributed by atoms with Crippen LogP contribution in [0, 0.1) is 0 Å². The predicted molar refractivity (Wildman–Crippen MR) is 72.0 cm³/mol. The zero-order valence-electron chi connectivity index (χ0n) is 10.6. The Morgan fingerprint density at radius 2 is 2.00 bits per heavy atom. The molecule has 0 radical (unpaired) electrons. The summed E-state index contributed by atoms with van der Waals surface area (Å²) >= 11 is 5.55. The Morgan fingerprint density at radius 3 is 2.56 bits per heavy atom. The van der Waals surface area contributed by atoms with E-state index in [-0.39, 0.29) is 0 Å². The van der Waals surface area contributed by atoms with Gasteiger partial charge in [0, 0.05) is 24.2 Å². The van der Waals surface area contributed by atoms with Crippen molar-refractivity contribution in [3.8, 4) is 0 Å². The zero-order chi connectivity index (χ0) is 11.8. The molecule has 0 spiro atoms. The molecule has 0 atom stereocenters. The Labute approximate surface area is 105 Å². The van der Waals surface area contributed by atoms with Crippen LogP contribution in [-0.2, 0) is 0 Å². The van der Waals surface area contributed by atoms with E-state index in [1.807, 2.05) is 6.08 Å². The van der Waals surface area contributed by atoms with E-state index < -0.39 is 0 Å². The Kier molecular flexibility index (Phi) is 7.10. The lowest BCUT2D eigenvalue weighted by Crippen LogP contribution is -2.41. The first-order valence-corrected chi connectivity index (χ1v) is 6.90. The largest absolute Gasteiger partial charge is 0.314 e. The summed E-state index contributed by atoms with van der Waals surface area (Å²) in [6, 6.07) is 1.50. The first-order chi connectivity index (χ1) is 7.77. The third-order valence-corrected chi connectivity index (χ3v) is 3.66. The van der Waals surface area contributed by atoms with Crippen LogP contribution < -0.4 is 5.32 Å². The molecule has 0 aromatic rings. The maximum Gasteiger partial charge on any atom is 0.0174 e. The van der Waals surface area contributed by atoms with Gasteiger partial charge in [-0.05, 0) is 45.7 Å². The highest BCUT2D eigenvalue weighted by Crippen LogP contribution is 2.22. The van der Waals surface area contributed by atoms with Crippen molar-refractivity contribution in [2.45, 2.75) is 51.1 Å². The first kappa shape index (κ1) is 14.0. The molecule has 0 heterocycles. The van der Waals surface area contributed by atoms with Gasteiger partial charge in [-0.3, -0.25) is 4.90 Å². The van der Waals surface area contributed by atoms with E-state index in [9.17, 15) is 0 Å². The number of nitrogens with zero attached hydrogens (tertiary/aromatic N) is 1. The molecule has 0 aliphatic heterocycles. The summed E-state index contributed by atoms with van der Waals surface area (Å²) in [6.45, 7) is 4.37. The van der Waals surface area contributed by atoms with Crippen molar-refractivity contribution < 1.29 is 0 Å². The highest BCUT2D eigenvalue weighted by atomic mass is 35.5. The number of hydrogen-bond acceptors (Lipinski definition) is 2. The lowest BCUT2D eigenvalue weighted by atomic mass is 9.90. The van der Waals surface area contributed by atoms with E-state index in [1.165, 1.54) is 38.6 Å². The van der Waals surface area contributed by atoms with Crippen molar-refractivity contribution in [2.24, 2.45) is 0 Å². The van der Waals surface area contributed by atoms with Crippen LogP contribution >= 0.6 is 11.6 Å². The molecule has 1 aliphatic carbocycles. The van der Waals surface area contributed by atoms with E-state index in [0.717, 1.165) is 18.6 Å². The first-order valence-electron chi connectivity index (χ1n) is 6.46. The van der Waals surface area contributed by atoms with E-state index >= 15 is 0 Å². The van der Waals surface area contributed by atoms with Gasteiger partial charge >= 0.3 is 0 Å². The van der Waals surface area contributed by atoms with Gasteiger partial charge in [-0.15, -0.1) is 0 Å². The molecule has 1 aliphatic rings. The summed E-state index contributed by atoms with van der Waals surface area (Å²) in [5.41, 5.74) is 1.62. The number of halogens is 1. The maximum atomic E-state index is 5.55. The second-order valence-electron chi connectivity index (χ2n) is 4.76. The normalized spacial score (nSPS) is 26.8. The summed E-state index contributed by atoms with van der Waals surface area (Å²) in [7, 11) is 2.20. The van der Waals surface area contributed by atoms with E-state index in [1.54, 1.807) is 5.54 Å². The Bertz CT molecular complexity index is 198. The van der Waals surface area contributed by atoms with Crippen molar-refractivity contribution in [3.05, 3.63) is 11.6 Å². The molecule has 0 amide bonds. The molecule has 1 N–H and O–H groups in total. The summed E-state index contributed by atoms with van der Waals surface area (Å²) in [4.78, 5) is 2.41. The van der Waals surface area contributed by atoms with Gasteiger partial charge in [0.2, 0.25) is 0 Å². The molecule has 1 saturated carbocycles. The average Bonchev–Trinajstić information content (AvgIpc) is 2.34. The molecule has 1 fully saturated rings. The minimum atomic E-state index is 0.743. The molecular weight excluding hydrogens is 220 g/mol. The predicted octanol–water partition coefficient (Wildman–Crippen LogP) is 2.98. The zero-order valence-corrected chi connectivity index (χ0v) is 11.3. The monoisotopic (exact) mass is 244 g/mol. The molecule has 0 saturated heterocycles. The smallest absolute Gasteiger partial charge is 0.0174 e. The van der Waals surface area contributed by atoms with Crippen molar-refractivity contribution in [2.75, 3.05) is 20.1 Å². The Morgan fingerprint density at radius 1 is 1.31 bits per heavy atom. The summed E-state index contributed by atoms with van der Waals surface area (Å²) in [6.07, 6.45) is 8.52. The van der Waals surface area contributed by atoms with Crippen molar-refractivity contribution in [1.82, 2.24) is 10.2 Å². The van der Waals surface area contributed by atoms with Crippen molar-refractivity contribution >= 4 is 11.6 Å². The molecule has 2 nitrogen and oxygen atoms in total. The van der Waals surface area contributed by atoms with Gasteiger partial charge in [0.05, 0.1) is 0 Å². The molecule has 0 bridgehead atoms. The average molecular weight is 245 g/mol. The molecule has 0 aromatic carbocycles. The van der Waals surface area contributed by atoms with Crippen molar-refractivity contribution in [3.63, 3.8) is 0 Å².